The number of carboxylic acid groups (broad SMARTS) is 1. The van der Waals surface area contributed by atoms with Crippen molar-refractivity contribution in [3.63, 3.8) is 0 Å². The smallest absolute Gasteiger partial charge is 0.372 e. The zero-order valence-electron chi connectivity index (χ0n) is 9.83. The molecule has 0 bridgehead atoms. The van der Waals surface area contributed by atoms with Crippen molar-refractivity contribution in [1.82, 2.24) is 0 Å². The molecule has 4 heteroatoms. The lowest BCUT2D eigenvalue weighted by atomic mass is 10.0. The second-order valence-electron chi connectivity index (χ2n) is 4.22. The van der Waals surface area contributed by atoms with Gasteiger partial charge in [0.1, 0.15) is 5.75 Å². The number of phenolic OH excluding ortho intramolecular Hbond substituents is 1. The highest BCUT2D eigenvalue weighted by molar-refractivity contribution is 6.02. The number of benzene rings is 2. The molecule has 3 rings (SSSR count). The van der Waals surface area contributed by atoms with E-state index < -0.39 is 5.97 Å². The third-order valence-electron chi connectivity index (χ3n) is 2.99. The van der Waals surface area contributed by atoms with Crippen molar-refractivity contribution >= 4 is 16.7 Å². The van der Waals surface area contributed by atoms with Gasteiger partial charge in [0.2, 0.25) is 5.76 Å². The monoisotopic (exact) mass is 254 g/mol. The van der Waals surface area contributed by atoms with Gasteiger partial charge in [0.05, 0.1) is 6.26 Å². The molecule has 1 heterocycles. The highest BCUT2D eigenvalue weighted by atomic mass is 16.4. The minimum absolute atomic E-state index is 0.0488. The Kier molecular flexibility index (Phi) is 2.49. The summed E-state index contributed by atoms with van der Waals surface area (Å²) in [7, 11) is 0. The van der Waals surface area contributed by atoms with Crippen LogP contribution in [0.1, 0.15) is 10.6 Å². The highest BCUT2D eigenvalue weighted by Crippen LogP contribution is 2.28. The maximum atomic E-state index is 10.9. The van der Waals surface area contributed by atoms with Crippen LogP contribution in [-0.4, -0.2) is 16.2 Å². The number of fused-ring (bicyclic) bond motifs is 1. The molecule has 0 aliphatic heterocycles. The molecule has 2 aromatic carbocycles. The van der Waals surface area contributed by atoms with Gasteiger partial charge in [-0.1, -0.05) is 18.2 Å². The van der Waals surface area contributed by atoms with Crippen molar-refractivity contribution in [2.24, 2.45) is 0 Å². The van der Waals surface area contributed by atoms with E-state index in [1.165, 1.54) is 6.26 Å². The molecule has 1 aromatic heterocycles. The number of hydrogen-bond acceptors (Lipinski definition) is 3. The summed E-state index contributed by atoms with van der Waals surface area (Å²) >= 11 is 0. The van der Waals surface area contributed by atoms with E-state index in [1.807, 2.05) is 12.1 Å². The van der Waals surface area contributed by atoms with Crippen LogP contribution in [0.15, 0.2) is 53.1 Å². The first-order valence-corrected chi connectivity index (χ1v) is 5.69. The predicted molar refractivity (Wildman–Crippen MR) is 70.3 cm³/mol. The second-order valence-corrected chi connectivity index (χ2v) is 4.22. The molecule has 0 aliphatic rings. The van der Waals surface area contributed by atoms with Crippen molar-refractivity contribution in [2.45, 2.75) is 0 Å². The van der Waals surface area contributed by atoms with Crippen molar-refractivity contribution in [3.05, 3.63) is 54.5 Å². The van der Waals surface area contributed by atoms with E-state index in [4.69, 9.17) is 9.52 Å². The van der Waals surface area contributed by atoms with Crippen LogP contribution in [0.25, 0.3) is 21.9 Å². The van der Waals surface area contributed by atoms with Gasteiger partial charge < -0.3 is 14.6 Å². The van der Waals surface area contributed by atoms with Crippen molar-refractivity contribution in [2.75, 3.05) is 0 Å². The van der Waals surface area contributed by atoms with E-state index in [2.05, 4.69) is 0 Å². The van der Waals surface area contributed by atoms with Gasteiger partial charge in [0.15, 0.2) is 0 Å². The molecule has 4 nitrogen and oxygen atoms in total. The molecule has 0 saturated carbocycles. The lowest BCUT2D eigenvalue weighted by molar-refractivity contribution is 0.0665. The Morgan fingerprint density at radius 1 is 1.00 bits per heavy atom. The van der Waals surface area contributed by atoms with E-state index in [0.717, 1.165) is 16.5 Å². The maximum Gasteiger partial charge on any atom is 0.372 e. The van der Waals surface area contributed by atoms with Gasteiger partial charge in [-0.05, 0) is 35.4 Å². The fourth-order valence-corrected chi connectivity index (χ4v) is 2.05. The molecule has 0 spiro atoms. The molecule has 3 aromatic rings. The average Bonchev–Trinajstić information content (AvgIpc) is 2.82. The van der Waals surface area contributed by atoms with Crippen LogP contribution in [0.4, 0.5) is 0 Å². The summed E-state index contributed by atoms with van der Waals surface area (Å²) in [5.41, 5.74) is 1.88. The Morgan fingerprint density at radius 2 is 1.68 bits per heavy atom. The van der Waals surface area contributed by atoms with E-state index >= 15 is 0 Å². The fraction of sp³-hybridized carbons (Fsp3) is 0. The van der Waals surface area contributed by atoms with Crippen LogP contribution in [0.5, 0.6) is 5.75 Å². The molecule has 2 N–H and O–H groups in total. The molecule has 0 unspecified atom stereocenters. The van der Waals surface area contributed by atoms with Gasteiger partial charge in [0, 0.05) is 10.8 Å². The topological polar surface area (TPSA) is 70.7 Å². The van der Waals surface area contributed by atoms with Crippen molar-refractivity contribution in [3.8, 4) is 16.9 Å². The molecule has 94 valence electrons. The molecular weight excluding hydrogens is 244 g/mol. The Balaban J connectivity index is 2.12. The zero-order valence-corrected chi connectivity index (χ0v) is 9.83. The Hall–Kier alpha value is -2.75. The summed E-state index contributed by atoms with van der Waals surface area (Å²) in [4.78, 5) is 10.9. The number of carbonyl (C=O) groups is 1. The van der Waals surface area contributed by atoms with Gasteiger partial charge in [-0.2, -0.15) is 0 Å². The minimum Gasteiger partial charge on any atom is -0.508 e. The normalized spacial score (nSPS) is 10.7. The predicted octanol–water partition coefficient (Wildman–Crippen LogP) is 3.50. The summed E-state index contributed by atoms with van der Waals surface area (Å²) in [6, 6.07) is 12.2. The maximum absolute atomic E-state index is 10.9. The van der Waals surface area contributed by atoms with E-state index in [0.29, 0.717) is 5.39 Å². The molecule has 0 amide bonds. The van der Waals surface area contributed by atoms with Crippen LogP contribution in [0.2, 0.25) is 0 Å². The van der Waals surface area contributed by atoms with Crippen molar-refractivity contribution in [1.29, 1.82) is 0 Å². The van der Waals surface area contributed by atoms with Gasteiger partial charge in [0.25, 0.3) is 0 Å². The Morgan fingerprint density at radius 3 is 2.37 bits per heavy atom. The van der Waals surface area contributed by atoms with E-state index in [-0.39, 0.29) is 11.5 Å². The molecular formula is C15H10O4. The second kappa shape index (κ2) is 4.17. The van der Waals surface area contributed by atoms with Crippen LogP contribution in [0.3, 0.4) is 0 Å². The Labute approximate surface area is 108 Å². The standard InChI is InChI=1S/C15H10O4/c16-12-4-1-9(2-5-12)10-3-6-13-11(7-10)8-19-14(13)15(17)18/h1-8,16H,(H,17,18). The highest BCUT2D eigenvalue weighted by Gasteiger charge is 2.13. The average molecular weight is 254 g/mol. The minimum atomic E-state index is -1.08. The SMILES string of the molecule is O=C(O)c1occ2cc(-c3ccc(O)cc3)ccc12. The number of aromatic carboxylic acids is 1. The number of phenols is 1. The fourth-order valence-electron chi connectivity index (χ4n) is 2.05. The summed E-state index contributed by atoms with van der Waals surface area (Å²) in [5.74, 6) is -0.916. The van der Waals surface area contributed by atoms with Gasteiger partial charge >= 0.3 is 5.97 Å². The first-order valence-electron chi connectivity index (χ1n) is 5.69. The first-order chi connectivity index (χ1) is 9.15. The largest absolute Gasteiger partial charge is 0.508 e. The first kappa shape index (κ1) is 11.3. The van der Waals surface area contributed by atoms with E-state index in [1.54, 1.807) is 30.3 Å². The van der Waals surface area contributed by atoms with Crippen LogP contribution in [0, 0.1) is 0 Å². The van der Waals surface area contributed by atoms with E-state index in [9.17, 15) is 9.90 Å². The number of hydrogen-bond donors (Lipinski definition) is 2. The molecule has 0 aliphatic carbocycles. The van der Waals surface area contributed by atoms with Gasteiger partial charge in [-0.25, -0.2) is 4.79 Å². The number of carboxylic acids is 1. The van der Waals surface area contributed by atoms with Gasteiger partial charge in [-0.15, -0.1) is 0 Å². The quantitative estimate of drug-likeness (QED) is 0.734. The molecule has 0 saturated heterocycles. The lowest BCUT2D eigenvalue weighted by Gasteiger charge is -2.02. The molecule has 0 fully saturated rings. The zero-order chi connectivity index (χ0) is 13.4. The van der Waals surface area contributed by atoms with Crippen LogP contribution >= 0.6 is 0 Å². The molecule has 19 heavy (non-hydrogen) atoms. The summed E-state index contributed by atoms with van der Waals surface area (Å²) < 4.78 is 5.05. The number of rotatable bonds is 2. The summed E-state index contributed by atoms with van der Waals surface area (Å²) in [6.45, 7) is 0. The summed E-state index contributed by atoms with van der Waals surface area (Å²) in [6.07, 6.45) is 1.43. The number of furan rings is 1. The molecule has 0 atom stereocenters. The van der Waals surface area contributed by atoms with Crippen LogP contribution in [-0.2, 0) is 0 Å². The third-order valence-corrected chi connectivity index (χ3v) is 2.99. The molecule has 0 radical (unpaired) electrons. The summed E-state index contributed by atoms with van der Waals surface area (Å²) in [5, 5.41) is 19.5. The van der Waals surface area contributed by atoms with Crippen LogP contribution < -0.4 is 0 Å². The Bertz CT molecular complexity index is 753. The van der Waals surface area contributed by atoms with Gasteiger partial charge in [-0.3, -0.25) is 0 Å². The lowest BCUT2D eigenvalue weighted by Crippen LogP contribution is -1.93. The van der Waals surface area contributed by atoms with Crippen molar-refractivity contribution < 1.29 is 19.4 Å². The third kappa shape index (κ3) is 1.93. The number of aromatic hydroxyl groups is 1.